The summed E-state index contributed by atoms with van der Waals surface area (Å²) in [4.78, 5) is 0. The largest absolute Gasteiger partial charge is 0.396 e. The number of hydrogen-bond donors (Lipinski definition) is 3. The summed E-state index contributed by atoms with van der Waals surface area (Å²) in [5, 5.41) is 16.6. The lowest BCUT2D eigenvalue weighted by molar-refractivity contribution is 0.0373. The fourth-order valence-electron chi connectivity index (χ4n) is 5.52. The molecule has 0 fully saturated rings. The van der Waals surface area contributed by atoms with Gasteiger partial charge in [-0.05, 0) is 82.0 Å². The van der Waals surface area contributed by atoms with Gasteiger partial charge < -0.3 is 10.4 Å². The van der Waals surface area contributed by atoms with Gasteiger partial charge in [0.1, 0.15) is 0 Å². The summed E-state index contributed by atoms with van der Waals surface area (Å²) in [6.07, 6.45) is 5.43. The number of aliphatic hydroxyl groups excluding tert-OH is 1. The van der Waals surface area contributed by atoms with E-state index in [1.807, 2.05) is 0 Å². The highest BCUT2D eigenvalue weighted by atomic mass is 16.3. The van der Waals surface area contributed by atoms with Crippen LogP contribution in [0.4, 0.5) is 0 Å². The van der Waals surface area contributed by atoms with Crippen LogP contribution >= 0.6 is 0 Å². The Morgan fingerprint density at radius 3 is 2.41 bits per heavy atom. The van der Waals surface area contributed by atoms with Crippen LogP contribution in [-0.2, 0) is 12.8 Å². The normalized spacial score (nSPS) is 19.1. The van der Waals surface area contributed by atoms with E-state index < -0.39 is 0 Å². The summed E-state index contributed by atoms with van der Waals surface area (Å²) in [7, 11) is 0. The van der Waals surface area contributed by atoms with E-state index >= 15 is 0 Å². The van der Waals surface area contributed by atoms with Crippen molar-refractivity contribution in [3.05, 3.63) is 71.3 Å². The number of fused-ring (bicyclic) bond motifs is 1. The van der Waals surface area contributed by atoms with Crippen LogP contribution in [-0.4, -0.2) is 47.4 Å². The molecule has 1 aliphatic rings. The Morgan fingerprint density at radius 1 is 1.00 bits per heavy atom. The van der Waals surface area contributed by atoms with E-state index in [9.17, 15) is 5.11 Å². The Kier molecular flexibility index (Phi) is 10.1. The molecule has 3 atom stereocenters. The first-order valence-corrected chi connectivity index (χ1v) is 13.3. The Bertz CT molecular complexity index is 851. The van der Waals surface area contributed by atoms with Crippen molar-refractivity contribution in [3.63, 3.8) is 0 Å². The second-order valence-electron chi connectivity index (χ2n) is 11.2. The Balaban J connectivity index is 1.61. The second-order valence-corrected chi connectivity index (χ2v) is 11.2. The molecule has 2 aromatic carbocycles. The summed E-state index contributed by atoms with van der Waals surface area (Å²) in [6.45, 7) is 13.7. The zero-order valence-electron chi connectivity index (χ0n) is 22.1. The minimum absolute atomic E-state index is 0.0360. The predicted octanol–water partition coefficient (Wildman–Crippen LogP) is 5.32. The van der Waals surface area contributed by atoms with Crippen LogP contribution in [0.25, 0.3) is 0 Å². The predicted molar refractivity (Wildman–Crippen MR) is 144 cm³/mol. The minimum atomic E-state index is 0.0360. The highest BCUT2D eigenvalue weighted by Gasteiger charge is 2.38. The average molecular weight is 466 g/mol. The van der Waals surface area contributed by atoms with Crippen LogP contribution in [0.3, 0.4) is 0 Å². The SMILES string of the molecule is CC(C)CCNN(C(C)CC(C)(C)NCCCc1ccccc1)[C@@H]1Cc2ccccc2[C@H]1CO. The molecule has 0 spiro atoms. The van der Waals surface area contributed by atoms with Gasteiger partial charge in [0.15, 0.2) is 0 Å². The van der Waals surface area contributed by atoms with Crippen molar-refractivity contribution >= 4 is 0 Å². The molecule has 1 aliphatic carbocycles. The van der Waals surface area contributed by atoms with Crippen LogP contribution in [0.5, 0.6) is 0 Å². The first-order valence-electron chi connectivity index (χ1n) is 13.3. The van der Waals surface area contributed by atoms with E-state index in [0.717, 1.165) is 45.2 Å². The van der Waals surface area contributed by atoms with Gasteiger partial charge in [-0.1, -0.05) is 68.4 Å². The monoisotopic (exact) mass is 465 g/mol. The lowest BCUT2D eigenvalue weighted by atomic mass is 9.92. The maximum absolute atomic E-state index is 10.3. The number of hydrazine groups is 1. The summed E-state index contributed by atoms with van der Waals surface area (Å²) in [5.74, 6) is 0.828. The molecule has 3 rings (SSSR count). The van der Waals surface area contributed by atoms with Crippen LogP contribution in [0, 0.1) is 5.92 Å². The van der Waals surface area contributed by atoms with E-state index in [-0.39, 0.29) is 24.1 Å². The lowest BCUT2D eigenvalue weighted by Crippen LogP contribution is -2.56. The van der Waals surface area contributed by atoms with Gasteiger partial charge in [-0.3, -0.25) is 5.43 Å². The maximum atomic E-state index is 10.3. The molecule has 0 radical (unpaired) electrons. The van der Waals surface area contributed by atoms with Crippen molar-refractivity contribution in [1.29, 1.82) is 0 Å². The second kappa shape index (κ2) is 12.8. The molecule has 0 saturated carbocycles. The number of rotatable bonds is 14. The number of hydrogen-bond acceptors (Lipinski definition) is 4. The molecule has 4 nitrogen and oxygen atoms in total. The Morgan fingerprint density at radius 2 is 1.71 bits per heavy atom. The summed E-state index contributed by atoms with van der Waals surface area (Å²) < 4.78 is 0. The number of aliphatic hydroxyl groups is 1. The van der Waals surface area contributed by atoms with Crippen molar-refractivity contribution in [2.45, 2.75) is 90.3 Å². The van der Waals surface area contributed by atoms with E-state index in [4.69, 9.17) is 0 Å². The quantitative estimate of drug-likeness (QED) is 0.261. The molecule has 2 aromatic rings. The third kappa shape index (κ3) is 7.64. The van der Waals surface area contributed by atoms with Crippen molar-refractivity contribution < 1.29 is 5.11 Å². The van der Waals surface area contributed by atoms with Crippen molar-refractivity contribution in [1.82, 2.24) is 15.8 Å². The Hall–Kier alpha value is -1.72. The molecular weight excluding hydrogens is 418 g/mol. The van der Waals surface area contributed by atoms with Crippen molar-refractivity contribution in [2.75, 3.05) is 19.7 Å². The summed E-state index contributed by atoms with van der Waals surface area (Å²) in [5.41, 5.74) is 7.94. The minimum Gasteiger partial charge on any atom is -0.396 e. The average Bonchev–Trinajstić information content (AvgIpc) is 3.18. The molecule has 4 heteroatoms. The first kappa shape index (κ1) is 26.9. The van der Waals surface area contributed by atoms with Gasteiger partial charge in [-0.25, -0.2) is 5.01 Å². The zero-order valence-corrected chi connectivity index (χ0v) is 22.1. The van der Waals surface area contributed by atoms with Gasteiger partial charge in [0.2, 0.25) is 0 Å². The molecule has 188 valence electrons. The van der Waals surface area contributed by atoms with Gasteiger partial charge >= 0.3 is 0 Å². The molecule has 34 heavy (non-hydrogen) atoms. The van der Waals surface area contributed by atoms with Gasteiger partial charge in [-0.15, -0.1) is 0 Å². The van der Waals surface area contributed by atoms with E-state index in [0.29, 0.717) is 12.0 Å². The van der Waals surface area contributed by atoms with E-state index in [1.165, 1.54) is 16.7 Å². The smallest absolute Gasteiger partial charge is 0.0515 e. The summed E-state index contributed by atoms with van der Waals surface area (Å²) in [6, 6.07) is 20.0. The standard InChI is InChI=1S/C30H47N3O/c1-23(2)17-19-32-33(29-20-26-15-9-10-16-27(26)28(29)22-34)24(3)21-30(4,5)31-18-11-14-25-12-7-6-8-13-25/h6-10,12-13,15-16,23-24,28-29,31-32,34H,11,14,17-22H2,1-5H3/t24?,28-,29-/m1/s1. The molecule has 0 saturated heterocycles. The zero-order chi connectivity index (χ0) is 24.6. The van der Waals surface area contributed by atoms with Crippen LogP contribution in [0.15, 0.2) is 54.6 Å². The number of nitrogens with one attached hydrogen (secondary N) is 2. The molecule has 0 aromatic heterocycles. The molecule has 0 aliphatic heterocycles. The number of aryl methyl sites for hydroxylation is 1. The summed E-state index contributed by atoms with van der Waals surface area (Å²) >= 11 is 0. The van der Waals surface area contributed by atoms with Crippen molar-refractivity contribution in [2.24, 2.45) is 5.92 Å². The lowest BCUT2D eigenvalue weighted by Gasteiger charge is -2.41. The third-order valence-electron chi connectivity index (χ3n) is 7.29. The molecule has 0 bridgehead atoms. The molecular formula is C30H47N3O. The maximum Gasteiger partial charge on any atom is 0.0515 e. The van der Waals surface area contributed by atoms with Crippen molar-refractivity contribution in [3.8, 4) is 0 Å². The van der Waals surface area contributed by atoms with E-state index in [2.05, 4.69) is 105 Å². The van der Waals surface area contributed by atoms with Crippen LogP contribution < -0.4 is 10.7 Å². The third-order valence-corrected chi connectivity index (χ3v) is 7.29. The van der Waals surface area contributed by atoms with E-state index in [1.54, 1.807) is 0 Å². The van der Waals surface area contributed by atoms with Crippen LogP contribution in [0.2, 0.25) is 0 Å². The molecule has 0 heterocycles. The molecule has 3 N–H and O–H groups in total. The Labute approximate surface area is 208 Å². The fourth-order valence-corrected chi connectivity index (χ4v) is 5.52. The van der Waals surface area contributed by atoms with Gasteiger partial charge in [0, 0.05) is 30.1 Å². The topological polar surface area (TPSA) is 47.5 Å². The van der Waals surface area contributed by atoms with Crippen LogP contribution in [0.1, 0.15) is 76.5 Å². The molecule has 1 unspecified atom stereocenters. The highest BCUT2D eigenvalue weighted by Crippen LogP contribution is 2.37. The first-order chi connectivity index (χ1) is 16.3. The van der Waals surface area contributed by atoms with Gasteiger partial charge in [0.05, 0.1) is 6.61 Å². The van der Waals surface area contributed by atoms with Gasteiger partial charge in [-0.2, -0.15) is 0 Å². The highest BCUT2D eigenvalue weighted by molar-refractivity contribution is 5.38. The molecule has 0 amide bonds. The fraction of sp³-hybridized carbons (Fsp3) is 0.600. The van der Waals surface area contributed by atoms with Gasteiger partial charge in [0.25, 0.3) is 0 Å². The number of benzene rings is 2. The number of nitrogens with zero attached hydrogens (tertiary/aromatic N) is 1.